The van der Waals surface area contributed by atoms with E-state index in [-0.39, 0.29) is 11.4 Å². The van der Waals surface area contributed by atoms with Gasteiger partial charge in [-0.25, -0.2) is 13.1 Å². The Morgan fingerprint density at radius 2 is 1.86 bits per heavy atom. The van der Waals surface area contributed by atoms with E-state index in [1.807, 2.05) is 6.92 Å². The van der Waals surface area contributed by atoms with Crippen molar-refractivity contribution in [3.05, 3.63) is 40.3 Å². The molecule has 1 aromatic carbocycles. The van der Waals surface area contributed by atoms with Crippen LogP contribution in [0.1, 0.15) is 28.1 Å². The molecule has 3 N–H and O–H groups in total. The first kappa shape index (κ1) is 15.5. The predicted octanol–water partition coefficient (Wildman–Crippen LogP) is 1.97. The molecule has 6 nitrogen and oxygen atoms in total. The van der Waals surface area contributed by atoms with Gasteiger partial charge >= 0.3 is 0 Å². The molecule has 0 radical (unpaired) electrons. The van der Waals surface area contributed by atoms with Crippen LogP contribution in [-0.2, 0) is 16.6 Å². The molecule has 0 bridgehead atoms. The van der Waals surface area contributed by atoms with E-state index in [0.717, 1.165) is 5.56 Å². The summed E-state index contributed by atoms with van der Waals surface area (Å²) < 4.78 is 32.5. The first-order valence-corrected chi connectivity index (χ1v) is 7.99. The zero-order valence-electron chi connectivity index (χ0n) is 12.5. The van der Waals surface area contributed by atoms with Crippen LogP contribution >= 0.6 is 0 Å². The Labute approximate surface area is 124 Å². The van der Waals surface area contributed by atoms with E-state index in [1.54, 1.807) is 32.9 Å². The van der Waals surface area contributed by atoms with Gasteiger partial charge in [0.25, 0.3) is 0 Å². The van der Waals surface area contributed by atoms with Gasteiger partial charge < -0.3 is 10.3 Å². The van der Waals surface area contributed by atoms with Gasteiger partial charge in [0.1, 0.15) is 5.76 Å². The number of hydrogen-bond acceptors (Lipinski definition) is 5. The van der Waals surface area contributed by atoms with Crippen LogP contribution in [0.4, 0.5) is 5.69 Å². The molecule has 0 aliphatic heterocycles. The highest BCUT2D eigenvalue weighted by Crippen LogP contribution is 2.27. The standard InChI is InChI=1S/C14H19N3O3S/c1-8-5-13(15)11(4)14(10(8)3)21(18,19)16-7-12-6-9(2)20-17-12/h5-6,16H,7,15H2,1-4H3. The van der Waals surface area contributed by atoms with Crippen LogP contribution in [0.15, 0.2) is 21.6 Å². The molecule has 7 heteroatoms. The van der Waals surface area contributed by atoms with Gasteiger partial charge in [0.15, 0.2) is 0 Å². The summed E-state index contributed by atoms with van der Waals surface area (Å²) in [5.74, 6) is 0.636. The summed E-state index contributed by atoms with van der Waals surface area (Å²) in [6.07, 6.45) is 0. The van der Waals surface area contributed by atoms with Crippen molar-refractivity contribution < 1.29 is 12.9 Å². The number of anilines is 1. The van der Waals surface area contributed by atoms with E-state index in [9.17, 15) is 8.42 Å². The third-order valence-corrected chi connectivity index (χ3v) is 5.14. The second-order valence-corrected chi connectivity index (χ2v) is 6.82. The minimum atomic E-state index is -3.67. The Morgan fingerprint density at radius 1 is 1.19 bits per heavy atom. The number of hydrogen-bond donors (Lipinski definition) is 2. The van der Waals surface area contributed by atoms with Gasteiger partial charge in [0, 0.05) is 11.8 Å². The normalized spacial score (nSPS) is 11.8. The molecule has 114 valence electrons. The molecule has 0 saturated carbocycles. The molecule has 1 heterocycles. The molecular weight excluding hydrogens is 290 g/mol. The summed E-state index contributed by atoms with van der Waals surface area (Å²) >= 11 is 0. The number of nitrogen functional groups attached to an aromatic ring is 1. The van der Waals surface area contributed by atoms with Gasteiger partial charge in [0.2, 0.25) is 10.0 Å². The maximum Gasteiger partial charge on any atom is 0.241 e. The second kappa shape index (κ2) is 5.50. The van der Waals surface area contributed by atoms with Crippen molar-refractivity contribution in [3.63, 3.8) is 0 Å². The Balaban J connectivity index is 2.36. The summed E-state index contributed by atoms with van der Waals surface area (Å²) in [6.45, 7) is 7.14. The van der Waals surface area contributed by atoms with Crippen molar-refractivity contribution in [2.24, 2.45) is 0 Å². The number of nitrogens with two attached hydrogens (primary N) is 1. The topological polar surface area (TPSA) is 98.2 Å². The molecule has 1 aromatic heterocycles. The highest BCUT2D eigenvalue weighted by atomic mass is 32.2. The molecule has 0 amide bonds. The fourth-order valence-electron chi connectivity index (χ4n) is 2.19. The molecule has 0 aliphatic rings. The van der Waals surface area contributed by atoms with Gasteiger partial charge in [-0.15, -0.1) is 0 Å². The van der Waals surface area contributed by atoms with Gasteiger partial charge in [-0.2, -0.15) is 0 Å². The summed E-state index contributed by atoms with van der Waals surface area (Å²) in [5.41, 5.74) is 8.98. The smallest absolute Gasteiger partial charge is 0.241 e. The van der Waals surface area contributed by atoms with Crippen LogP contribution in [0.5, 0.6) is 0 Å². The summed E-state index contributed by atoms with van der Waals surface area (Å²) in [7, 11) is -3.67. The van der Waals surface area contributed by atoms with E-state index >= 15 is 0 Å². The Hall–Kier alpha value is -1.86. The van der Waals surface area contributed by atoms with Gasteiger partial charge in [0.05, 0.1) is 17.1 Å². The summed E-state index contributed by atoms with van der Waals surface area (Å²) in [5, 5.41) is 3.77. The molecule has 21 heavy (non-hydrogen) atoms. The molecule has 0 aliphatic carbocycles. The minimum Gasteiger partial charge on any atom is -0.398 e. The summed E-state index contributed by atoms with van der Waals surface area (Å²) in [4.78, 5) is 0.236. The maximum atomic E-state index is 12.5. The third kappa shape index (κ3) is 3.08. The lowest BCUT2D eigenvalue weighted by atomic mass is 10.1. The molecule has 2 rings (SSSR count). The zero-order valence-corrected chi connectivity index (χ0v) is 13.3. The molecule has 0 fully saturated rings. The van der Waals surface area contributed by atoms with Crippen molar-refractivity contribution in [2.75, 3.05) is 5.73 Å². The van der Waals surface area contributed by atoms with Gasteiger partial charge in [-0.3, -0.25) is 0 Å². The Morgan fingerprint density at radius 3 is 2.43 bits per heavy atom. The predicted molar refractivity (Wildman–Crippen MR) is 80.3 cm³/mol. The SMILES string of the molecule is Cc1cc(CNS(=O)(=O)c2c(C)c(C)cc(N)c2C)no1. The van der Waals surface area contributed by atoms with Crippen LogP contribution in [0, 0.1) is 27.7 Å². The Bertz CT molecular complexity index is 753. The summed E-state index contributed by atoms with van der Waals surface area (Å²) in [6, 6.07) is 3.47. The largest absolute Gasteiger partial charge is 0.398 e. The monoisotopic (exact) mass is 309 g/mol. The van der Waals surface area contributed by atoms with Crippen LogP contribution in [0.3, 0.4) is 0 Å². The molecule has 2 aromatic rings. The number of aromatic nitrogens is 1. The van der Waals surface area contributed by atoms with Crippen LogP contribution in [-0.4, -0.2) is 13.6 Å². The van der Waals surface area contributed by atoms with Crippen LogP contribution < -0.4 is 10.5 Å². The van der Waals surface area contributed by atoms with Crippen molar-refractivity contribution in [1.82, 2.24) is 9.88 Å². The van der Waals surface area contributed by atoms with E-state index in [1.165, 1.54) is 0 Å². The minimum absolute atomic E-state index is 0.0758. The number of rotatable bonds is 4. The molecular formula is C14H19N3O3S. The van der Waals surface area contributed by atoms with Gasteiger partial charge in [-0.05, 0) is 50.5 Å². The van der Waals surface area contributed by atoms with E-state index in [0.29, 0.717) is 28.3 Å². The average molecular weight is 309 g/mol. The number of nitrogens with zero attached hydrogens (tertiary/aromatic N) is 1. The van der Waals surface area contributed by atoms with Crippen molar-refractivity contribution in [2.45, 2.75) is 39.1 Å². The molecule has 0 saturated heterocycles. The van der Waals surface area contributed by atoms with Crippen LogP contribution in [0.25, 0.3) is 0 Å². The van der Waals surface area contributed by atoms with Crippen molar-refractivity contribution >= 4 is 15.7 Å². The quantitative estimate of drug-likeness (QED) is 0.841. The van der Waals surface area contributed by atoms with Gasteiger partial charge in [-0.1, -0.05) is 5.16 Å². The molecule has 0 atom stereocenters. The van der Waals surface area contributed by atoms with E-state index in [4.69, 9.17) is 10.3 Å². The molecule has 0 spiro atoms. The van der Waals surface area contributed by atoms with Crippen LogP contribution in [0.2, 0.25) is 0 Å². The van der Waals surface area contributed by atoms with E-state index < -0.39 is 10.0 Å². The number of benzene rings is 1. The fraction of sp³-hybridized carbons (Fsp3) is 0.357. The zero-order chi connectivity index (χ0) is 15.8. The number of nitrogens with one attached hydrogen (secondary N) is 1. The number of sulfonamides is 1. The maximum absolute atomic E-state index is 12.5. The first-order chi connectivity index (χ1) is 9.72. The number of aryl methyl sites for hydroxylation is 2. The lowest BCUT2D eigenvalue weighted by Gasteiger charge is -2.15. The van der Waals surface area contributed by atoms with E-state index in [2.05, 4.69) is 9.88 Å². The highest BCUT2D eigenvalue weighted by Gasteiger charge is 2.22. The highest BCUT2D eigenvalue weighted by molar-refractivity contribution is 7.89. The lowest BCUT2D eigenvalue weighted by molar-refractivity contribution is 0.390. The third-order valence-electron chi connectivity index (χ3n) is 3.47. The first-order valence-electron chi connectivity index (χ1n) is 6.50. The van der Waals surface area contributed by atoms with Crippen molar-refractivity contribution in [1.29, 1.82) is 0 Å². The average Bonchev–Trinajstić information content (AvgIpc) is 2.80. The fourth-order valence-corrected chi connectivity index (χ4v) is 3.75. The Kier molecular flexibility index (Phi) is 4.06. The second-order valence-electron chi connectivity index (χ2n) is 5.12. The van der Waals surface area contributed by atoms with Crippen molar-refractivity contribution in [3.8, 4) is 0 Å². The lowest BCUT2D eigenvalue weighted by Crippen LogP contribution is -2.25. The molecule has 0 unspecified atom stereocenters.